The number of pyridine rings is 1. The number of aliphatic hydroxyl groups excluding tert-OH is 1. The number of hydrogen-bond donors (Lipinski definition) is 3. The number of allylic oxidation sites excluding steroid dienone is 1. The van der Waals surface area contributed by atoms with E-state index >= 15 is 0 Å². The lowest BCUT2D eigenvalue weighted by atomic mass is 10.1. The number of aliphatic hydroxyl groups is 1. The zero-order valence-corrected chi connectivity index (χ0v) is 9.71. The molecule has 0 fully saturated rings. The molecule has 0 saturated carbocycles. The van der Waals surface area contributed by atoms with Crippen LogP contribution in [0, 0.1) is 5.92 Å². The van der Waals surface area contributed by atoms with E-state index < -0.39 is 0 Å². The lowest BCUT2D eigenvalue weighted by molar-refractivity contribution is 0.244. The first-order chi connectivity index (χ1) is 8.69. The standard InChI is InChI=1S/C12H14N4O2/c13-10-4-9-11(12(18)15-10)14-6-16(9)8-2-1-7(3-8)5-17/h1-2,4,6-8,17H,3,5H2,(H3,13,15,18). The minimum atomic E-state index is -0.274. The van der Waals surface area contributed by atoms with E-state index in [0.29, 0.717) is 11.3 Å². The maximum atomic E-state index is 11.7. The molecular formula is C12H14N4O2. The van der Waals surface area contributed by atoms with E-state index in [-0.39, 0.29) is 24.1 Å². The molecule has 2 aromatic heterocycles. The van der Waals surface area contributed by atoms with Gasteiger partial charge in [0.2, 0.25) is 0 Å². The zero-order chi connectivity index (χ0) is 12.7. The highest BCUT2D eigenvalue weighted by molar-refractivity contribution is 5.76. The van der Waals surface area contributed by atoms with Crippen LogP contribution < -0.4 is 11.3 Å². The van der Waals surface area contributed by atoms with E-state index in [1.165, 1.54) is 0 Å². The predicted molar refractivity (Wildman–Crippen MR) is 68.1 cm³/mol. The maximum Gasteiger partial charge on any atom is 0.277 e. The van der Waals surface area contributed by atoms with Crippen LogP contribution in [0.4, 0.5) is 5.82 Å². The average molecular weight is 246 g/mol. The number of aromatic amines is 1. The quantitative estimate of drug-likeness (QED) is 0.669. The number of aromatic nitrogens is 3. The first kappa shape index (κ1) is 11.0. The molecule has 2 atom stereocenters. The summed E-state index contributed by atoms with van der Waals surface area (Å²) in [5.74, 6) is 0.502. The van der Waals surface area contributed by atoms with E-state index in [1.54, 1.807) is 12.4 Å². The van der Waals surface area contributed by atoms with Gasteiger partial charge in [-0.15, -0.1) is 0 Å². The van der Waals surface area contributed by atoms with Gasteiger partial charge in [0.15, 0.2) is 5.52 Å². The second-order valence-corrected chi connectivity index (χ2v) is 4.57. The van der Waals surface area contributed by atoms with Gasteiger partial charge in [0.25, 0.3) is 5.56 Å². The lowest BCUT2D eigenvalue weighted by Gasteiger charge is -2.13. The number of H-pyrrole nitrogens is 1. The Balaban J connectivity index is 2.09. The maximum absolute atomic E-state index is 11.7. The number of nitrogens with one attached hydrogen (secondary N) is 1. The SMILES string of the molecule is Nc1cc2c(ncn2C2C=CC(CO)C2)c(=O)[nH]1. The Morgan fingerprint density at radius 2 is 2.39 bits per heavy atom. The van der Waals surface area contributed by atoms with E-state index in [4.69, 9.17) is 10.8 Å². The second kappa shape index (κ2) is 3.99. The van der Waals surface area contributed by atoms with Crippen LogP contribution in [0.25, 0.3) is 11.0 Å². The molecule has 1 aliphatic carbocycles. The molecule has 0 amide bonds. The van der Waals surface area contributed by atoms with Crippen molar-refractivity contribution in [1.29, 1.82) is 0 Å². The summed E-state index contributed by atoms with van der Waals surface area (Å²) in [6.45, 7) is 0.141. The first-order valence-electron chi connectivity index (χ1n) is 5.83. The van der Waals surface area contributed by atoms with E-state index in [1.807, 2.05) is 16.7 Å². The van der Waals surface area contributed by atoms with Crippen LogP contribution in [0.1, 0.15) is 12.5 Å². The monoisotopic (exact) mass is 246 g/mol. The van der Waals surface area contributed by atoms with Crippen LogP contribution in [0.15, 0.2) is 29.3 Å². The van der Waals surface area contributed by atoms with Crippen LogP contribution in [-0.2, 0) is 0 Å². The zero-order valence-electron chi connectivity index (χ0n) is 9.71. The van der Waals surface area contributed by atoms with Gasteiger partial charge in [0.05, 0.1) is 17.9 Å². The lowest BCUT2D eigenvalue weighted by Crippen LogP contribution is -2.11. The summed E-state index contributed by atoms with van der Waals surface area (Å²) >= 11 is 0. The van der Waals surface area contributed by atoms with Crippen molar-refractivity contribution >= 4 is 16.9 Å². The fraction of sp³-hybridized carbons (Fsp3) is 0.333. The van der Waals surface area contributed by atoms with Gasteiger partial charge in [0, 0.05) is 18.6 Å². The molecule has 2 aromatic rings. The molecule has 0 saturated heterocycles. The van der Waals surface area contributed by atoms with Gasteiger partial charge >= 0.3 is 0 Å². The molecule has 0 bridgehead atoms. The molecule has 1 aliphatic rings. The van der Waals surface area contributed by atoms with Crippen molar-refractivity contribution in [2.45, 2.75) is 12.5 Å². The van der Waals surface area contributed by atoms with Crippen LogP contribution in [0.2, 0.25) is 0 Å². The molecule has 94 valence electrons. The van der Waals surface area contributed by atoms with Gasteiger partial charge in [-0.2, -0.15) is 0 Å². The summed E-state index contributed by atoms with van der Waals surface area (Å²) in [6.07, 6.45) is 6.48. The van der Waals surface area contributed by atoms with E-state index in [2.05, 4.69) is 9.97 Å². The minimum absolute atomic E-state index is 0.119. The third-order valence-corrected chi connectivity index (χ3v) is 3.34. The third-order valence-electron chi connectivity index (χ3n) is 3.34. The molecular weight excluding hydrogens is 232 g/mol. The normalized spacial score (nSPS) is 22.9. The van der Waals surface area contributed by atoms with Gasteiger partial charge in [-0.3, -0.25) is 4.79 Å². The predicted octanol–water partition coefficient (Wildman–Crippen LogP) is 0.416. The second-order valence-electron chi connectivity index (χ2n) is 4.57. The number of anilines is 1. The van der Waals surface area contributed by atoms with Crippen LogP contribution >= 0.6 is 0 Å². The Labute approximate surface area is 103 Å². The van der Waals surface area contributed by atoms with E-state index in [9.17, 15) is 4.79 Å². The number of rotatable bonds is 2. The third kappa shape index (κ3) is 1.62. The fourth-order valence-electron chi connectivity index (χ4n) is 2.42. The Morgan fingerprint density at radius 3 is 3.11 bits per heavy atom. The molecule has 6 heteroatoms. The van der Waals surface area contributed by atoms with Crippen molar-refractivity contribution in [2.24, 2.45) is 5.92 Å². The van der Waals surface area contributed by atoms with Gasteiger partial charge in [0.1, 0.15) is 5.82 Å². The van der Waals surface area contributed by atoms with Gasteiger partial charge in [-0.1, -0.05) is 12.2 Å². The van der Waals surface area contributed by atoms with Crippen molar-refractivity contribution in [2.75, 3.05) is 12.3 Å². The number of hydrogen-bond acceptors (Lipinski definition) is 4. The fourth-order valence-corrected chi connectivity index (χ4v) is 2.42. The summed E-state index contributed by atoms with van der Waals surface area (Å²) in [5, 5.41) is 9.13. The van der Waals surface area contributed by atoms with Gasteiger partial charge < -0.3 is 20.4 Å². The Hall–Kier alpha value is -2.08. The molecule has 0 radical (unpaired) electrons. The molecule has 18 heavy (non-hydrogen) atoms. The molecule has 6 nitrogen and oxygen atoms in total. The van der Waals surface area contributed by atoms with Crippen molar-refractivity contribution in [3.05, 3.63) is 34.9 Å². The topological polar surface area (TPSA) is 96.9 Å². The Morgan fingerprint density at radius 1 is 1.56 bits per heavy atom. The molecule has 2 heterocycles. The highest BCUT2D eigenvalue weighted by atomic mass is 16.3. The highest BCUT2D eigenvalue weighted by Gasteiger charge is 2.21. The Kier molecular flexibility index (Phi) is 2.45. The van der Waals surface area contributed by atoms with E-state index in [0.717, 1.165) is 11.9 Å². The largest absolute Gasteiger partial charge is 0.396 e. The molecule has 0 spiro atoms. The summed E-state index contributed by atoms with van der Waals surface area (Å²) in [7, 11) is 0. The highest BCUT2D eigenvalue weighted by Crippen LogP contribution is 2.29. The van der Waals surface area contributed by atoms with Crippen LogP contribution in [0.5, 0.6) is 0 Å². The average Bonchev–Trinajstić information content (AvgIpc) is 2.93. The molecule has 0 aromatic carbocycles. The number of fused-ring (bicyclic) bond motifs is 1. The molecule has 2 unspecified atom stereocenters. The van der Waals surface area contributed by atoms with Gasteiger partial charge in [-0.05, 0) is 6.42 Å². The molecule has 0 aliphatic heterocycles. The van der Waals surface area contributed by atoms with Crippen molar-refractivity contribution in [3.8, 4) is 0 Å². The number of nitrogens with two attached hydrogens (primary N) is 1. The summed E-state index contributed by atoms with van der Waals surface area (Å²) in [4.78, 5) is 18.3. The van der Waals surface area contributed by atoms with Crippen LogP contribution in [0.3, 0.4) is 0 Å². The number of nitrogens with zero attached hydrogens (tertiary/aromatic N) is 2. The first-order valence-corrected chi connectivity index (χ1v) is 5.83. The van der Waals surface area contributed by atoms with Crippen LogP contribution in [-0.4, -0.2) is 26.2 Å². The van der Waals surface area contributed by atoms with Crippen molar-refractivity contribution in [1.82, 2.24) is 14.5 Å². The van der Waals surface area contributed by atoms with Gasteiger partial charge in [-0.25, -0.2) is 4.98 Å². The Bertz CT molecular complexity index is 670. The minimum Gasteiger partial charge on any atom is -0.396 e. The smallest absolute Gasteiger partial charge is 0.277 e. The van der Waals surface area contributed by atoms with Crippen molar-refractivity contribution in [3.63, 3.8) is 0 Å². The summed E-state index contributed by atoms with van der Waals surface area (Å²) < 4.78 is 1.92. The summed E-state index contributed by atoms with van der Waals surface area (Å²) in [5.41, 5.74) is 6.50. The molecule has 4 N–H and O–H groups in total. The molecule has 3 rings (SSSR count). The number of imidazole rings is 1. The number of nitrogen functional groups attached to an aromatic ring is 1. The van der Waals surface area contributed by atoms with Crippen molar-refractivity contribution < 1.29 is 5.11 Å². The summed E-state index contributed by atoms with van der Waals surface area (Å²) in [6, 6.07) is 1.83.